The summed E-state index contributed by atoms with van der Waals surface area (Å²) in [5.41, 5.74) is 22.5. The maximum atomic E-state index is 2.41. The molecule has 0 fully saturated rings. The molecule has 1 nitrogen and oxygen atoms in total. The van der Waals surface area contributed by atoms with Crippen molar-refractivity contribution in [2.45, 2.75) is 10.8 Å². The van der Waals surface area contributed by atoms with E-state index in [2.05, 4.69) is 290 Å². The molecule has 0 unspecified atom stereocenters. The van der Waals surface area contributed by atoms with Crippen LogP contribution >= 0.6 is 0 Å². The molecule has 2 aliphatic carbocycles. The van der Waals surface area contributed by atoms with Gasteiger partial charge in [-0.2, -0.15) is 0 Å². The van der Waals surface area contributed by atoms with Crippen molar-refractivity contribution in [3.63, 3.8) is 0 Å². The zero-order valence-corrected chi connectivity index (χ0v) is 38.1. The number of fused-ring (bicyclic) bond motifs is 6. The van der Waals surface area contributed by atoms with Crippen molar-refractivity contribution in [3.8, 4) is 44.5 Å². The van der Waals surface area contributed by atoms with Crippen molar-refractivity contribution in [1.82, 2.24) is 0 Å². The van der Waals surface area contributed by atoms with Gasteiger partial charge in [0.05, 0.1) is 10.8 Å². The lowest BCUT2D eigenvalue weighted by Gasteiger charge is -2.34. The van der Waals surface area contributed by atoms with Crippen molar-refractivity contribution in [2.75, 3.05) is 4.90 Å². The van der Waals surface area contributed by atoms with Crippen LogP contribution in [0.15, 0.2) is 285 Å². The molecule has 0 atom stereocenters. The Morgan fingerprint density at radius 2 is 0.507 bits per heavy atom. The lowest BCUT2D eigenvalue weighted by atomic mass is 9.67. The molecule has 0 aromatic heterocycles. The van der Waals surface area contributed by atoms with E-state index >= 15 is 0 Å². The fraction of sp³-hybridized carbons (Fsp3) is 0.0294. The minimum absolute atomic E-state index is 0.474. The molecule has 11 aromatic rings. The third-order valence-electron chi connectivity index (χ3n) is 14.8. The summed E-state index contributed by atoms with van der Waals surface area (Å²) < 4.78 is 0. The lowest BCUT2D eigenvalue weighted by molar-refractivity contribution is 0.768. The summed E-state index contributed by atoms with van der Waals surface area (Å²) >= 11 is 0. The quantitative estimate of drug-likeness (QED) is 0.140. The first-order chi connectivity index (χ1) is 34.3. The van der Waals surface area contributed by atoms with Crippen LogP contribution in [0.25, 0.3) is 44.5 Å². The first-order valence-corrected chi connectivity index (χ1v) is 24.0. The maximum Gasteiger partial charge on any atom is 0.0713 e. The van der Waals surface area contributed by atoms with Gasteiger partial charge in [-0.25, -0.2) is 0 Å². The zero-order chi connectivity index (χ0) is 45.8. The van der Waals surface area contributed by atoms with Gasteiger partial charge in [-0.3, -0.25) is 0 Å². The Hall–Kier alpha value is -8.78. The van der Waals surface area contributed by atoms with Gasteiger partial charge in [-0.05, 0) is 125 Å². The molecule has 1 heteroatoms. The number of anilines is 3. The number of nitrogens with zero attached hydrogens (tertiary/aromatic N) is 1. The van der Waals surface area contributed by atoms with Gasteiger partial charge in [0, 0.05) is 17.1 Å². The van der Waals surface area contributed by atoms with E-state index in [0.717, 1.165) is 17.1 Å². The summed E-state index contributed by atoms with van der Waals surface area (Å²) in [6, 6.07) is 105. The molecular weight excluding hydrogens is 831 g/mol. The number of hydrogen-bond acceptors (Lipinski definition) is 1. The van der Waals surface area contributed by atoms with Crippen molar-refractivity contribution in [3.05, 3.63) is 330 Å². The molecule has 0 heterocycles. The van der Waals surface area contributed by atoms with E-state index in [1.165, 1.54) is 89.0 Å². The molecular formula is C68H47N. The van der Waals surface area contributed by atoms with Crippen LogP contribution in [0.4, 0.5) is 17.1 Å². The molecule has 0 amide bonds. The van der Waals surface area contributed by atoms with Gasteiger partial charge in [0.15, 0.2) is 0 Å². The molecule has 0 N–H and O–H groups in total. The van der Waals surface area contributed by atoms with E-state index in [-0.39, 0.29) is 0 Å². The highest BCUT2D eigenvalue weighted by Crippen LogP contribution is 2.60. The minimum Gasteiger partial charge on any atom is -0.310 e. The third-order valence-corrected chi connectivity index (χ3v) is 14.8. The fourth-order valence-corrected chi connectivity index (χ4v) is 12.1. The molecule has 0 aliphatic heterocycles. The summed E-state index contributed by atoms with van der Waals surface area (Å²) in [5.74, 6) is 0. The van der Waals surface area contributed by atoms with E-state index in [9.17, 15) is 0 Å². The van der Waals surface area contributed by atoms with Crippen LogP contribution in [0.5, 0.6) is 0 Å². The van der Waals surface area contributed by atoms with Gasteiger partial charge >= 0.3 is 0 Å². The van der Waals surface area contributed by atoms with Crippen LogP contribution in [0, 0.1) is 0 Å². The standard InChI is InChI=1S/C68H47N/c1-6-26-50(27-7-1)67(51-28-8-2-9-29-51)61-42-18-16-38-59(61)65-57(40-22-44-63(65)67)48-24-20-36-55(46-48)69(54-34-14-5-15-35-54)56-37-21-25-49(47-56)58-41-23-45-64-66(58)60-39-17-19-43-62(60)68(64,52-30-10-3-11-31-52)53-32-12-4-13-33-53/h1-47H. The van der Waals surface area contributed by atoms with E-state index in [1.807, 2.05) is 0 Å². The maximum absolute atomic E-state index is 2.41. The average Bonchev–Trinajstić information content (AvgIpc) is 3.91. The van der Waals surface area contributed by atoms with Crippen LogP contribution in [-0.2, 0) is 10.8 Å². The highest BCUT2D eigenvalue weighted by Gasteiger charge is 2.48. The third kappa shape index (κ3) is 6.17. The lowest BCUT2D eigenvalue weighted by Crippen LogP contribution is -2.28. The molecule has 69 heavy (non-hydrogen) atoms. The predicted octanol–water partition coefficient (Wildman–Crippen LogP) is 17.2. The monoisotopic (exact) mass is 877 g/mol. The number of benzene rings is 11. The Morgan fingerprint density at radius 3 is 0.899 bits per heavy atom. The van der Waals surface area contributed by atoms with E-state index < -0.39 is 10.8 Å². The first-order valence-electron chi connectivity index (χ1n) is 24.0. The van der Waals surface area contributed by atoms with Crippen molar-refractivity contribution < 1.29 is 0 Å². The van der Waals surface area contributed by atoms with Crippen LogP contribution in [0.3, 0.4) is 0 Å². The van der Waals surface area contributed by atoms with Gasteiger partial charge in [-0.1, -0.05) is 249 Å². The summed E-state index contributed by atoms with van der Waals surface area (Å²) in [6.07, 6.45) is 0. The highest BCUT2D eigenvalue weighted by molar-refractivity contribution is 5.98. The Morgan fingerprint density at radius 1 is 0.217 bits per heavy atom. The largest absolute Gasteiger partial charge is 0.310 e. The molecule has 0 spiro atoms. The summed E-state index contributed by atoms with van der Waals surface area (Å²) in [7, 11) is 0. The smallest absolute Gasteiger partial charge is 0.0713 e. The SMILES string of the molecule is c1ccc(N(c2cccc(-c3cccc4c3-c3ccccc3C4(c3ccccc3)c3ccccc3)c2)c2cccc(-c3cccc4c3-c3ccccc3C4(c3ccccc3)c3ccccc3)c2)cc1. The van der Waals surface area contributed by atoms with E-state index in [0.29, 0.717) is 0 Å². The van der Waals surface area contributed by atoms with Crippen LogP contribution < -0.4 is 4.90 Å². The number of rotatable bonds is 9. The van der Waals surface area contributed by atoms with Gasteiger partial charge in [0.25, 0.3) is 0 Å². The van der Waals surface area contributed by atoms with Crippen molar-refractivity contribution in [2.24, 2.45) is 0 Å². The molecule has 0 radical (unpaired) electrons. The van der Waals surface area contributed by atoms with Crippen LogP contribution in [-0.4, -0.2) is 0 Å². The Kier molecular flexibility index (Phi) is 9.70. The second kappa shape index (κ2) is 16.5. The number of para-hydroxylation sites is 1. The molecule has 0 saturated heterocycles. The van der Waals surface area contributed by atoms with E-state index in [1.54, 1.807) is 0 Å². The van der Waals surface area contributed by atoms with Gasteiger partial charge in [-0.15, -0.1) is 0 Å². The molecule has 0 saturated carbocycles. The van der Waals surface area contributed by atoms with Gasteiger partial charge in [0.2, 0.25) is 0 Å². The fourth-order valence-electron chi connectivity index (χ4n) is 12.1. The predicted molar refractivity (Wildman–Crippen MR) is 287 cm³/mol. The zero-order valence-electron chi connectivity index (χ0n) is 38.1. The Balaban J connectivity index is 0.980. The molecule has 324 valence electrons. The molecule has 11 aromatic carbocycles. The summed E-state index contributed by atoms with van der Waals surface area (Å²) in [5, 5.41) is 0. The van der Waals surface area contributed by atoms with Crippen LogP contribution in [0.2, 0.25) is 0 Å². The van der Waals surface area contributed by atoms with Gasteiger partial charge in [0.1, 0.15) is 0 Å². The summed E-state index contributed by atoms with van der Waals surface area (Å²) in [4.78, 5) is 2.41. The van der Waals surface area contributed by atoms with Crippen molar-refractivity contribution in [1.29, 1.82) is 0 Å². The van der Waals surface area contributed by atoms with Crippen molar-refractivity contribution >= 4 is 17.1 Å². The van der Waals surface area contributed by atoms with Gasteiger partial charge < -0.3 is 4.90 Å². The van der Waals surface area contributed by atoms with Crippen LogP contribution in [0.1, 0.15) is 44.5 Å². The normalized spacial score (nSPS) is 13.4. The topological polar surface area (TPSA) is 3.24 Å². The minimum atomic E-state index is -0.474. The first kappa shape index (κ1) is 40.5. The number of hydrogen-bond donors (Lipinski definition) is 0. The molecule has 0 bridgehead atoms. The Bertz CT molecular complexity index is 3350. The average molecular weight is 878 g/mol. The Labute approximate surface area is 404 Å². The van der Waals surface area contributed by atoms with E-state index in [4.69, 9.17) is 0 Å². The second-order valence-corrected chi connectivity index (χ2v) is 18.3. The summed E-state index contributed by atoms with van der Waals surface area (Å²) in [6.45, 7) is 0. The second-order valence-electron chi connectivity index (χ2n) is 18.3. The molecule has 2 aliphatic rings. The molecule has 13 rings (SSSR count). The highest BCUT2D eigenvalue weighted by atomic mass is 15.1.